The molecule has 0 aliphatic rings. The molecule has 0 radical (unpaired) electrons. The van der Waals surface area contributed by atoms with E-state index in [1.807, 2.05) is 12.1 Å². The van der Waals surface area contributed by atoms with Gasteiger partial charge in [-0.2, -0.15) is 5.26 Å². The Morgan fingerprint density at radius 3 is 2.57 bits per heavy atom. The molecule has 0 spiro atoms. The summed E-state index contributed by atoms with van der Waals surface area (Å²) in [7, 11) is 0. The third-order valence-corrected chi connectivity index (χ3v) is 2.08. The van der Waals surface area contributed by atoms with Crippen LogP contribution in [-0.2, 0) is 0 Å². The number of benzene rings is 1. The van der Waals surface area contributed by atoms with Gasteiger partial charge in [0.25, 0.3) is 0 Å². The molecule has 2 nitrogen and oxygen atoms in total. The predicted octanol–water partition coefficient (Wildman–Crippen LogP) is 3.10. The summed E-state index contributed by atoms with van der Waals surface area (Å²) in [4.78, 5) is 0.845. The van der Waals surface area contributed by atoms with Gasteiger partial charge in [-0.25, -0.2) is 0 Å². The average molecular weight is 204 g/mol. The molecule has 0 amide bonds. The predicted molar refractivity (Wildman–Crippen MR) is 62.3 cm³/mol. The van der Waals surface area contributed by atoms with E-state index in [9.17, 15) is 0 Å². The highest BCUT2D eigenvalue weighted by Gasteiger charge is 1.96. The monoisotopic (exact) mass is 204 g/mol. The Kier molecular flexibility index (Phi) is 4.09. The molecular weight excluding hydrogens is 192 g/mol. The molecule has 0 aliphatic carbocycles. The molecule has 0 atom stereocenters. The summed E-state index contributed by atoms with van der Waals surface area (Å²) in [6.07, 6.45) is 1.94. The molecule has 3 heteroatoms. The van der Waals surface area contributed by atoms with Crippen LogP contribution in [0.15, 0.2) is 24.3 Å². The number of nitrogens with zero attached hydrogens (tertiary/aromatic N) is 1. The molecular formula is C11H12N2S. The van der Waals surface area contributed by atoms with Gasteiger partial charge in [0.2, 0.25) is 0 Å². The summed E-state index contributed by atoms with van der Waals surface area (Å²) in [5.41, 5.74) is 1.61. The highest BCUT2D eigenvalue weighted by Crippen LogP contribution is 2.09. The normalized spacial score (nSPS) is 9.14. The summed E-state index contributed by atoms with van der Waals surface area (Å²) in [5, 5.41) is 11.7. The van der Waals surface area contributed by atoms with Gasteiger partial charge in [0.1, 0.15) is 0 Å². The van der Waals surface area contributed by atoms with E-state index in [-0.39, 0.29) is 0 Å². The standard InChI is InChI=1S/C11H12N2S/c1-2-3-11(14)13-10-6-4-9(8-12)5-7-10/h4-7H,2-3H2,1H3,(H,13,14). The second-order valence-electron chi connectivity index (χ2n) is 2.99. The lowest BCUT2D eigenvalue weighted by molar-refractivity contribution is 1.00. The summed E-state index contributed by atoms with van der Waals surface area (Å²) in [6, 6.07) is 9.34. The van der Waals surface area contributed by atoms with Crippen LogP contribution in [0.1, 0.15) is 25.3 Å². The van der Waals surface area contributed by atoms with E-state index in [0.29, 0.717) is 5.56 Å². The SMILES string of the molecule is CCCC(=S)Nc1ccc(C#N)cc1. The number of thiocarbonyl (C=S) groups is 1. The van der Waals surface area contributed by atoms with Crippen molar-refractivity contribution in [2.45, 2.75) is 19.8 Å². The molecule has 1 rings (SSSR count). The quantitative estimate of drug-likeness (QED) is 0.768. The van der Waals surface area contributed by atoms with Crippen LogP contribution in [0.3, 0.4) is 0 Å². The fraction of sp³-hybridized carbons (Fsp3) is 0.273. The van der Waals surface area contributed by atoms with Crippen molar-refractivity contribution in [3.63, 3.8) is 0 Å². The van der Waals surface area contributed by atoms with Gasteiger partial charge in [0.15, 0.2) is 0 Å². The van der Waals surface area contributed by atoms with Gasteiger partial charge in [0, 0.05) is 5.69 Å². The lowest BCUT2D eigenvalue weighted by Crippen LogP contribution is -2.07. The van der Waals surface area contributed by atoms with Gasteiger partial charge < -0.3 is 5.32 Å². The molecule has 0 heterocycles. The minimum Gasteiger partial charge on any atom is -0.350 e. The topological polar surface area (TPSA) is 35.8 Å². The second kappa shape index (κ2) is 5.36. The maximum atomic E-state index is 8.60. The van der Waals surface area contributed by atoms with Gasteiger partial charge in [-0.3, -0.25) is 0 Å². The highest BCUT2D eigenvalue weighted by atomic mass is 32.1. The fourth-order valence-electron chi connectivity index (χ4n) is 1.08. The molecule has 0 fully saturated rings. The van der Waals surface area contributed by atoms with Crippen molar-refractivity contribution < 1.29 is 0 Å². The number of hydrogen-bond donors (Lipinski definition) is 1. The van der Waals surface area contributed by atoms with Gasteiger partial charge in [-0.15, -0.1) is 0 Å². The first-order valence-corrected chi connectivity index (χ1v) is 4.97. The van der Waals surface area contributed by atoms with Gasteiger partial charge in [0.05, 0.1) is 16.6 Å². The molecule has 0 aliphatic heterocycles. The summed E-state index contributed by atoms with van der Waals surface area (Å²) >= 11 is 5.12. The molecule has 14 heavy (non-hydrogen) atoms. The zero-order valence-electron chi connectivity index (χ0n) is 8.08. The molecule has 0 saturated carbocycles. The maximum Gasteiger partial charge on any atom is 0.0991 e. The van der Waals surface area contributed by atoms with Gasteiger partial charge in [-0.1, -0.05) is 19.1 Å². The van der Waals surface area contributed by atoms with Crippen LogP contribution in [0, 0.1) is 11.3 Å². The maximum absolute atomic E-state index is 8.60. The molecule has 0 saturated heterocycles. The van der Waals surface area contributed by atoms with E-state index in [2.05, 4.69) is 18.3 Å². The minimum atomic E-state index is 0.664. The van der Waals surface area contributed by atoms with Crippen molar-refractivity contribution in [2.75, 3.05) is 5.32 Å². The first-order chi connectivity index (χ1) is 6.76. The third kappa shape index (κ3) is 3.15. The number of hydrogen-bond acceptors (Lipinski definition) is 2. The molecule has 0 bridgehead atoms. The van der Waals surface area contributed by atoms with Crippen LogP contribution in [0.25, 0.3) is 0 Å². The fourth-order valence-corrected chi connectivity index (χ4v) is 1.40. The van der Waals surface area contributed by atoms with Crippen LogP contribution in [-0.4, -0.2) is 4.99 Å². The summed E-state index contributed by atoms with van der Waals surface area (Å²) in [6.45, 7) is 2.09. The van der Waals surface area contributed by atoms with Crippen molar-refractivity contribution in [1.29, 1.82) is 5.26 Å². The largest absolute Gasteiger partial charge is 0.350 e. The van der Waals surface area contributed by atoms with E-state index < -0.39 is 0 Å². The number of anilines is 1. The summed E-state index contributed by atoms with van der Waals surface area (Å²) < 4.78 is 0. The minimum absolute atomic E-state index is 0.664. The second-order valence-corrected chi connectivity index (χ2v) is 3.48. The molecule has 1 N–H and O–H groups in total. The Morgan fingerprint density at radius 1 is 1.43 bits per heavy atom. The van der Waals surface area contributed by atoms with Crippen LogP contribution in [0.5, 0.6) is 0 Å². The zero-order chi connectivity index (χ0) is 10.4. The van der Waals surface area contributed by atoms with Crippen molar-refractivity contribution in [3.05, 3.63) is 29.8 Å². The lowest BCUT2D eigenvalue weighted by atomic mass is 10.2. The highest BCUT2D eigenvalue weighted by molar-refractivity contribution is 7.80. The van der Waals surface area contributed by atoms with Crippen LogP contribution in [0.2, 0.25) is 0 Å². The smallest absolute Gasteiger partial charge is 0.0991 e. The number of nitrogens with one attached hydrogen (secondary N) is 1. The van der Waals surface area contributed by atoms with E-state index >= 15 is 0 Å². The summed E-state index contributed by atoms with van der Waals surface area (Å²) in [5.74, 6) is 0. The molecule has 0 unspecified atom stereocenters. The Morgan fingerprint density at radius 2 is 2.07 bits per heavy atom. The molecule has 0 aromatic heterocycles. The number of rotatable bonds is 3. The number of nitriles is 1. The Labute approximate surface area is 89.6 Å². The Bertz CT molecular complexity index is 349. The van der Waals surface area contributed by atoms with Gasteiger partial charge in [-0.05, 0) is 37.1 Å². The molecule has 1 aromatic rings. The van der Waals surface area contributed by atoms with Crippen molar-refractivity contribution in [2.24, 2.45) is 0 Å². The first kappa shape index (κ1) is 10.7. The lowest BCUT2D eigenvalue weighted by Gasteiger charge is -2.06. The van der Waals surface area contributed by atoms with Crippen LogP contribution >= 0.6 is 12.2 Å². The van der Waals surface area contributed by atoms with E-state index in [4.69, 9.17) is 17.5 Å². The molecule has 72 valence electrons. The van der Waals surface area contributed by atoms with Crippen LogP contribution < -0.4 is 5.32 Å². The van der Waals surface area contributed by atoms with Crippen molar-refractivity contribution in [1.82, 2.24) is 0 Å². The van der Waals surface area contributed by atoms with Crippen molar-refractivity contribution in [3.8, 4) is 6.07 Å². The third-order valence-electron chi connectivity index (χ3n) is 1.77. The van der Waals surface area contributed by atoms with Crippen LogP contribution in [0.4, 0.5) is 5.69 Å². The average Bonchev–Trinajstić information content (AvgIpc) is 2.19. The van der Waals surface area contributed by atoms with Crippen molar-refractivity contribution >= 4 is 22.9 Å². The Balaban J connectivity index is 2.61. The van der Waals surface area contributed by atoms with Gasteiger partial charge >= 0.3 is 0 Å². The Hall–Kier alpha value is -1.40. The zero-order valence-corrected chi connectivity index (χ0v) is 8.90. The van der Waals surface area contributed by atoms with E-state index in [1.165, 1.54) is 0 Å². The first-order valence-electron chi connectivity index (χ1n) is 4.56. The van der Waals surface area contributed by atoms with E-state index in [0.717, 1.165) is 23.5 Å². The molecule has 1 aromatic carbocycles. The van der Waals surface area contributed by atoms with E-state index in [1.54, 1.807) is 12.1 Å².